The van der Waals surface area contributed by atoms with Crippen LogP contribution in [0, 0.1) is 0 Å². The summed E-state index contributed by atoms with van der Waals surface area (Å²) >= 11 is 6.10. The summed E-state index contributed by atoms with van der Waals surface area (Å²) in [5.74, 6) is -3.07. The van der Waals surface area contributed by atoms with E-state index in [0.29, 0.717) is 17.1 Å². The molecule has 166 valence electrons. The molecule has 3 rings (SSSR count). The molecule has 3 aromatic rings. The highest BCUT2D eigenvalue weighted by Gasteiger charge is 2.30. The molecule has 10 heteroatoms. The Morgan fingerprint density at radius 2 is 1.94 bits per heavy atom. The largest absolute Gasteiger partial charge is 0.497 e. The molecule has 1 amide bonds. The molecule has 0 spiro atoms. The molecule has 3 N–H and O–H groups in total. The molecular weight excluding hydrogens is 440 g/mol. The van der Waals surface area contributed by atoms with Gasteiger partial charge >= 0.3 is 0 Å². The number of aromatic nitrogens is 2. The van der Waals surface area contributed by atoms with Crippen LogP contribution in [0.1, 0.15) is 12.5 Å². The van der Waals surface area contributed by atoms with Crippen molar-refractivity contribution in [1.29, 1.82) is 0 Å². The van der Waals surface area contributed by atoms with E-state index in [-0.39, 0.29) is 22.5 Å². The fraction of sp³-hybridized carbons (Fsp3) is 0.136. The van der Waals surface area contributed by atoms with E-state index in [1.165, 1.54) is 19.2 Å². The number of methoxy groups -OCH3 is 1. The first-order valence-electron chi connectivity index (χ1n) is 9.36. The molecule has 0 bridgehead atoms. The second kappa shape index (κ2) is 9.61. The average Bonchev–Trinajstić information content (AvgIpc) is 2.75. The number of hydrogen-bond donors (Lipinski definition) is 3. The van der Waals surface area contributed by atoms with E-state index < -0.39 is 17.4 Å². The molecule has 0 fully saturated rings. The summed E-state index contributed by atoms with van der Waals surface area (Å²) in [6.45, 7) is 4.14. The number of amides is 1. The maximum Gasteiger partial charge on any atom is 0.275 e. The van der Waals surface area contributed by atoms with Gasteiger partial charge in [-0.25, -0.2) is 13.8 Å². The summed E-state index contributed by atoms with van der Waals surface area (Å²) in [6, 6.07) is 11.6. The lowest BCUT2D eigenvalue weighted by molar-refractivity contribution is -0.111. The topological polar surface area (TPSA) is 88.2 Å². The maximum absolute atomic E-state index is 14.2. The highest BCUT2D eigenvalue weighted by Crippen LogP contribution is 2.35. The lowest BCUT2D eigenvalue weighted by Gasteiger charge is -2.18. The van der Waals surface area contributed by atoms with Crippen LogP contribution in [0.2, 0.25) is 5.02 Å². The Morgan fingerprint density at radius 1 is 1.19 bits per heavy atom. The Labute approximate surface area is 188 Å². The predicted molar refractivity (Wildman–Crippen MR) is 121 cm³/mol. The number of nitrogens with zero attached hydrogens (tertiary/aromatic N) is 2. The molecule has 1 heterocycles. The van der Waals surface area contributed by atoms with Crippen molar-refractivity contribution in [2.75, 3.05) is 23.1 Å². The smallest absolute Gasteiger partial charge is 0.275 e. The molecule has 0 aliphatic carbocycles. The van der Waals surface area contributed by atoms with Crippen LogP contribution in [0.25, 0.3) is 0 Å². The monoisotopic (exact) mass is 459 g/mol. The van der Waals surface area contributed by atoms with E-state index in [0.717, 1.165) is 19.2 Å². The first-order valence-corrected chi connectivity index (χ1v) is 9.74. The van der Waals surface area contributed by atoms with E-state index in [4.69, 9.17) is 16.3 Å². The minimum atomic E-state index is -3.21. The van der Waals surface area contributed by atoms with Crippen molar-refractivity contribution in [3.05, 3.63) is 71.9 Å². The number of halogens is 3. The van der Waals surface area contributed by atoms with Gasteiger partial charge in [0, 0.05) is 30.6 Å². The van der Waals surface area contributed by atoms with Gasteiger partial charge in [-0.3, -0.25) is 4.79 Å². The van der Waals surface area contributed by atoms with Crippen molar-refractivity contribution in [1.82, 2.24) is 9.97 Å². The van der Waals surface area contributed by atoms with Gasteiger partial charge in [-0.05, 0) is 36.4 Å². The summed E-state index contributed by atoms with van der Waals surface area (Å²) in [5, 5.41) is 8.64. The van der Waals surface area contributed by atoms with Crippen LogP contribution in [0.15, 0.2) is 61.3 Å². The molecule has 0 atom stereocenters. The standard InChI is InChI=1S/C22H20ClF2N5O2/c1-4-19(31)29-18-11-14(8-9-17(18)23)27-20-16(22(2,24)25)12-26-21(30-20)28-13-6-5-7-15(10-13)32-3/h4-12H,1H2,2-3H3,(H,29,31)(H2,26,27,28,30). The van der Waals surface area contributed by atoms with Gasteiger partial charge < -0.3 is 20.7 Å². The van der Waals surface area contributed by atoms with Crippen LogP contribution in [0.4, 0.5) is 37.6 Å². The van der Waals surface area contributed by atoms with Gasteiger partial charge in [0.05, 0.1) is 23.4 Å². The van der Waals surface area contributed by atoms with Gasteiger partial charge in [-0.2, -0.15) is 4.98 Å². The zero-order valence-electron chi connectivity index (χ0n) is 17.2. The van der Waals surface area contributed by atoms with Crippen molar-refractivity contribution in [2.24, 2.45) is 0 Å². The quantitative estimate of drug-likeness (QED) is 0.365. The lowest BCUT2D eigenvalue weighted by Crippen LogP contribution is -2.14. The highest BCUT2D eigenvalue weighted by atomic mass is 35.5. The van der Waals surface area contributed by atoms with Crippen LogP contribution in [0.5, 0.6) is 5.75 Å². The Hall–Kier alpha value is -3.72. The molecule has 2 aromatic carbocycles. The second-order valence-electron chi connectivity index (χ2n) is 6.71. The van der Waals surface area contributed by atoms with E-state index >= 15 is 0 Å². The van der Waals surface area contributed by atoms with Crippen molar-refractivity contribution in [3.8, 4) is 5.75 Å². The molecule has 0 aliphatic rings. The number of anilines is 5. The minimum Gasteiger partial charge on any atom is -0.497 e. The van der Waals surface area contributed by atoms with Crippen LogP contribution >= 0.6 is 11.6 Å². The third-order valence-electron chi connectivity index (χ3n) is 4.26. The molecule has 0 saturated carbocycles. The Kier molecular flexibility index (Phi) is 6.89. The molecule has 7 nitrogen and oxygen atoms in total. The normalized spacial score (nSPS) is 10.9. The number of hydrogen-bond acceptors (Lipinski definition) is 6. The number of carbonyl (C=O) groups excluding carboxylic acids is 1. The summed E-state index contributed by atoms with van der Waals surface area (Å²) in [4.78, 5) is 19.8. The number of alkyl halides is 2. The Bertz CT molecular complexity index is 1150. The number of rotatable bonds is 8. The van der Waals surface area contributed by atoms with Gasteiger partial charge in [0.2, 0.25) is 11.9 Å². The zero-order valence-corrected chi connectivity index (χ0v) is 18.0. The third-order valence-corrected chi connectivity index (χ3v) is 4.59. The number of nitrogens with one attached hydrogen (secondary N) is 3. The van der Waals surface area contributed by atoms with Crippen molar-refractivity contribution in [2.45, 2.75) is 12.8 Å². The third kappa shape index (κ3) is 5.70. The zero-order chi connectivity index (χ0) is 23.3. The van der Waals surface area contributed by atoms with E-state index in [2.05, 4.69) is 32.5 Å². The van der Waals surface area contributed by atoms with Crippen molar-refractivity contribution in [3.63, 3.8) is 0 Å². The second-order valence-corrected chi connectivity index (χ2v) is 7.12. The summed E-state index contributed by atoms with van der Waals surface area (Å²) in [5.41, 5.74) is 0.882. The van der Waals surface area contributed by atoms with E-state index in [1.54, 1.807) is 30.3 Å². The van der Waals surface area contributed by atoms with E-state index in [9.17, 15) is 13.6 Å². The first kappa shape index (κ1) is 23.0. The Balaban J connectivity index is 1.95. The number of carbonyl (C=O) groups is 1. The van der Waals surface area contributed by atoms with Gasteiger partial charge in [0.15, 0.2) is 0 Å². The SMILES string of the molecule is C=CC(=O)Nc1cc(Nc2nc(Nc3cccc(OC)c3)ncc2C(C)(F)F)ccc1Cl. The Morgan fingerprint density at radius 3 is 2.62 bits per heavy atom. The van der Waals surface area contributed by atoms with Crippen molar-refractivity contribution < 1.29 is 18.3 Å². The molecule has 0 radical (unpaired) electrons. The van der Waals surface area contributed by atoms with Gasteiger partial charge in [0.25, 0.3) is 5.92 Å². The fourth-order valence-electron chi connectivity index (χ4n) is 2.71. The molecule has 1 aromatic heterocycles. The van der Waals surface area contributed by atoms with Gasteiger partial charge in [0.1, 0.15) is 11.6 Å². The van der Waals surface area contributed by atoms with E-state index in [1.807, 2.05) is 0 Å². The summed E-state index contributed by atoms with van der Waals surface area (Å²) in [7, 11) is 1.54. The molecule has 32 heavy (non-hydrogen) atoms. The molecule has 0 unspecified atom stereocenters. The number of ether oxygens (including phenoxy) is 1. The maximum atomic E-state index is 14.2. The van der Waals surface area contributed by atoms with Crippen molar-refractivity contribution >= 4 is 46.3 Å². The summed E-state index contributed by atoms with van der Waals surface area (Å²) < 4.78 is 33.6. The van der Waals surface area contributed by atoms with Gasteiger partial charge in [-0.15, -0.1) is 0 Å². The first-order chi connectivity index (χ1) is 15.2. The van der Waals surface area contributed by atoms with Crippen LogP contribution in [-0.2, 0) is 10.7 Å². The lowest BCUT2D eigenvalue weighted by atomic mass is 10.2. The van der Waals surface area contributed by atoms with Crippen LogP contribution < -0.4 is 20.7 Å². The molecular formula is C22H20ClF2N5O2. The van der Waals surface area contributed by atoms with Crippen LogP contribution in [-0.4, -0.2) is 23.0 Å². The number of benzene rings is 2. The molecule has 0 aliphatic heterocycles. The molecule has 0 saturated heterocycles. The predicted octanol–water partition coefficient (Wildman–Crippen LogP) is 5.86. The highest BCUT2D eigenvalue weighted by molar-refractivity contribution is 6.34. The minimum absolute atomic E-state index is 0.0999. The fourth-order valence-corrected chi connectivity index (χ4v) is 2.87. The van der Waals surface area contributed by atoms with Gasteiger partial charge in [-0.1, -0.05) is 24.2 Å². The summed E-state index contributed by atoms with van der Waals surface area (Å²) in [6.07, 6.45) is 2.14. The average molecular weight is 460 g/mol. The van der Waals surface area contributed by atoms with Crippen LogP contribution in [0.3, 0.4) is 0 Å².